The van der Waals surface area contributed by atoms with Crippen molar-refractivity contribution in [3.05, 3.63) is 42.2 Å². The normalized spacial score (nSPS) is 10.2. The second-order valence-electron chi connectivity index (χ2n) is 4.46. The van der Waals surface area contributed by atoms with Crippen LogP contribution in [0.2, 0.25) is 0 Å². The number of aliphatic hydroxyl groups excluding tert-OH is 1. The molecule has 21 heavy (non-hydrogen) atoms. The van der Waals surface area contributed by atoms with Gasteiger partial charge in [0.05, 0.1) is 13.7 Å². The largest absolute Gasteiger partial charge is 0.490 e. The summed E-state index contributed by atoms with van der Waals surface area (Å²) in [7, 11) is 3.37. The van der Waals surface area contributed by atoms with Crippen LogP contribution >= 0.6 is 0 Å². The first-order valence-corrected chi connectivity index (χ1v) is 6.76. The zero-order chi connectivity index (χ0) is 15.1. The Kier molecular flexibility index (Phi) is 5.34. The Bertz CT molecular complexity index is 563. The number of nitrogens with one attached hydrogen (secondary N) is 1. The first-order chi connectivity index (χ1) is 10.3. The summed E-state index contributed by atoms with van der Waals surface area (Å²) >= 11 is 0. The van der Waals surface area contributed by atoms with Crippen LogP contribution < -0.4 is 15.0 Å². The molecule has 6 heteroatoms. The Balaban J connectivity index is 2.34. The van der Waals surface area contributed by atoms with E-state index in [0.29, 0.717) is 30.5 Å². The van der Waals surface area contributed by atoms with E-state index in [1.807, 2.05) is 35.2 Å². The lowest BCUT2D eigenvalue weighted by atomic mass is 10.2. The number of nitrogens with zero attached hydrogens (tertiary/aromatic N) is 3. The molecule has 112 valence electrons. The van der Waals surface area contributed by atoms with E-state index in [4.69, 9.17) is 4.74 Å². The number of aromatic nitrogens is 2. The van der Waals surface area contributed by atoms with Gasteiger partial charge >= 0.3 is 0 Å². The Hall–Kier alpha value is -2.34. The second kappa shape index (κ2) is 7.44. The predicted molar refractivity (Wildman–Crippen MR) is 82.7 cm³/mol. The summed E-state index contributed by atoms with van der Waals surface area (Å²) in [6.45, 7) is 1.14. The third-order valence-corrected chi connectivity index (χ3v) is 3.11. The van der Waals surface area contributed by atoms with Gasteiger partial charge < -0.3 is 20.1 Å². The molecule has 1 aromatic heterocycles. The van der Waals surface area contributed by atoms with E-state index in [0.717, 1.165) is 5.56 Å². The Labute approximate surface area is 124 Å². The number of ether oxygens (including phenoxy) is 1. The topological polar surface area (TPSA) is 70.5 Å². The molecule has 0 saturated carbocycles. The molecule has 0 fully saturated rings. The molecule has 0 amide bonds. The Morgan fingerprint density at radius 3 is 2.62 bits per heavy atom. The maximum absolute atomic E-state index is 9.32. The van der Waals surface area contributed by atoms with E-state index in [2.05, 4.69) is 15.3 Å². The molecule has 0 unspecified atom stereocenters. The van der Waals surface area contributed by atoms with Crippen LogP contribution in [0.1, 0.15) is 5.56 Å². The van der Waals surface area contributed by atoms with E-state index in [9.17, 15) is 5.11 Å². The van der Waals surface area contributed by atoms with E-state index < -0.39 is 0 Å². The summed E-state index contributed by atoms with van der Waals surface area (Å²) in [4.78, 5) is 10.4. The molecule has 2 rings (SSSR count). The molecule has 0 aliphatic heterocycles. The molecule has 0 saturated heterocycles. The van der Waals surface area contributed by atoms with Gasteiger partial charge in [0.15, 0.2) is 11.6 Å². The third kappa shape index (κ3) is 3.61. The Morgan fingerprint density at radius 1 is 1.24 bits per heavy atom. The summed E-state index contributed by atoms with van der Waals surface area (Å²) in [6.07, 6.45) is 1.49. The van der Waals surface area contributed by atoms with Crippen LogP contribution in [0.4, 0.5) is 11.6 Å². The van der Waals surface area contributed by atoms with Gasteiger partial charge in [-0.25, -0.2) is 9.97 Å². The van der Waals surface area contributed by atoms with Gasteiger partial charge in [0, 0.05) is 20.1 Å². The first kappa shape index (κ1) is 15.1. The molecule has 6 nitrogen and oxygen atoms in total. The molecule has 0 spiro atoms. The SMILES string of the molecule is CNc1ncnc(N(CCO)Cc2ccccc2)c1OC. The zero-order valence-corrected chi connectivity index (χ0v) is 12.3. The van der Waals surface area contributed by atoms with Gasteiger partial charge in [-0.05, 0) is 5.56 Å². The summed E-state index contributed by atoms with van der Waals surface area (Å²) in [5.41, 5.74) is 1.14. The van der Waals surface area contributed by atoms with Gasteiger partial charge in [0.2, 0.25) is 5.75 Å². The second-order valence-corrected chi connectivity index (χ2v) is 4.46. The minimum absolute atomic E-state index is 0.0366. The molecule has 0 radical (unpaired) electrons. The minimum atomic E-state index is 0.0366. The molecule has 0 aliphatic carbocycles. The molecule has 1 aromatic carbocycles. The summed E-state index contributed by atoms with van der Waals surface area (Å²) in [5.74, 6) is 1.86. The van der Waals surface area contributed by atoms with Gasteiger partial charge in [-0.2, -0.15) is 0 Å². The standard InChI is InChI=1S/C15H20N4O2/c1-16-14-13(21-2)15(18-11-17-14)19(8-9-20)10-12-6-4-3-5-7-12/h3-7,11,20H,8-10H2,1-2H3,(H,16,17,18). The van der Waals surface area contributed by atoms with Crippen molar-refractivity contribution in [1.82, 2.24) is 9.97 Å². The van der Waals surface area contributed by atoms with Crippen molar-refractivity contribution < 1.29 is 9.84 Å². The number of anilines is 2. The van der Waals surface area contributed by atoms with Crippen LogP contribution in [-0.4, -0.2) is 42.4 Å². The lowest BCUT2D eigenvalue weighted by Gasteiger charge is -2.25. The number of hydrogen-bond acceptors (Lipinski definition) is 6. The van der Waals surface area contributed by atoms with Gasteiger partial charge in [-0.1, -0.05) is 30.3 Å². The van der Waals surface area contributed by atoms with Crippen molar-refractivity contribution in [2.75, 3.05) is 37.5 Å². The van der Waals surface area contributed by atoms with Gasteiger partial charge in [-0.3, -0.25) is 0 Å². The summed E-state index contributed by atoms with van der Waals surface area (Å²) in [6, 6.07) is 10.0. The molecule has 0 atom stereocenters. The highest BCUT2D eigenvalue weighted by molar-refractivity contribution is 5.64. The first-order valence-electron chi connectivity index (χ1n) is 6.76. The predicted octanol–water partition coefficient (Wildman–Crippen LogP) is 1.53. The van der Waals surface area contributed by atoms with Gasteiger partial charge in [0.1, 0.15) is 6.33 Å². The van der Waals surface area contributed by atoms with E-state index in [1.165, 1.54) is 6.33 Å². The van der Waals surface area contributed by atoms with Gasteiger partial charge in [-0.15, -0.1) is 0 Å². The summed E-state index contributed by atoms with van der Waals surface area (Å²) in [5, 5.41) is 12.3. The number of methoxy groups -OCH3 is 1. The monoisotopic (exact) mass is 288 g/mol. The maximum Gasteiger partial charge on any atom is 0.204 e. The van der Waals surface area contributed by atoms with Crippen molar-refractivity contribution in [1.29, 1.82) is 0 Å². The maximum atomic E-state index is 9.32. The molecule has 0 aliphatic rings. The fraction of sp³-hybridized carbons (Fsp3) is 0.333. The van der Waals surface area contributed by atoms with Crippen LogP contribution in [0.5, 0.6) is 5.75 Å². The fourth-order valence-corrected chi connectivity index (χ4v) is 2.14. The number of aliphatic hydroxyl groups is 1. The van der Waals surface area contributed by atoms with Gasteiger partial charge in [0.25, 0.3) is 0 Å². The van der Waals surface area contributed by atoms with Crippen LogP contribution in [0.15, 0.2) is 36.7 Å². The molecule has 0 bridgehead atoms. The average molecular weight is 288 g/mol. The lowest BCUT2D eigenvalue weighted by molar-refractivity contribution is 0.300. The molecular formula is C15H20N4O2. The van der Waals surface area contributed by atoms with Crippen molar-refractivity contribution in [2.24, 2.45) is 0 Å². The van der Waals surface area contributed by atoms with Crippen LogP contribution in [0, 0.1) is 0 Å². The van der Waals surface area contributed by atoms with E-state index in [1.54, 1.807) is 14.2 Å². The highest BCUT2D eigenvalue weighted by Crippen LogP contribution is 2.32. The van der Waals surface area contributed by atoms with Crippen LogP contribution in [-0.2, 0) is 6.54 Å². The fourth-order valence-electron chi connectivity index (χ4n) is 2.14. The van der Waals surface area contributed by atoms with Crippen LogP contribution in [0.3, 0.4) is 0 Å². The van der Waals surface area contributed by atoms with Crippen LogP contribution in [0.25, 0.3) is 0 Å². The number of hydrogen-bond donors (Lipinski definition) is 2. The molecule has 1 heterocycles. The minimum Gasteiger partial charge on any atom is -0.490 e. The average Bonchev–Trinajstić information content (AvgIpc) is 2.54. The number of benzene rings is 1. The zero-order valence-electron chi connectivity index (χ0n) is 12.3. The van der Waals surface area contributed by atoms with Crippen molar-refractivity contribution in [3.63, 3.8) is 0 Å². The van der Waals surface area contributed by atoms with E-state index in [-0.39, 0.29) is 6.61 Å². The molecular weight excluding hydrogens is 268 g/mol. The van der Waals surface area contributed by atoms with Crippen molar-refractivity contribution in [3.8, 4) is 5.75 Å². The quantitative estimate of drug-likeness (QED) is 0.805. The molecule has 2 N–H and O–H groups in total. The Morgan fingerprint density at radius 2 is 2.00 bits per heavy atom. The molecule has 2 aromatic rings. The smallest absolute Gasteiger partial charge is 0.204 e. The van der Waals surface area contributed by atoms with Crippen molar-refractivity contribution >= 4 is 11.6 Å². The van der Waals surface area contributed by atoms with E-state index >= 15 is 0 Å². The highest BCUT2D eigenvalue weighted by atomic mass is 16.5. The summed E-state index contributed by atoms with van der Waals surface area (Å²) < 4.78 is 5.42. The lowest BCUT2D eigenvalue weighted by Crippen LogP contribution is -2.27. The highest BCUT2D eigenvalue weighted by Gasteiger charge is 2.17. The third-order valence-electron chi connectivity index (χ3n) is 3.11. The number of rotatable bonds is 7. The van der Waals surface area contributed by atoms with Crippen molar-refractivity contribution in [2.45, 2.75) is 6.54 Å².